The normalized spacial score (nSPS) is 12.2. The lowest BCUT2D eigenvalue weighted by Gasteiger charge is -2.15. The Labute approximate surface area is 133 Å². The number of amides is 1. The van der Waals surface area contributed by atoms with E-state index in [1.54, 1.807) is 4.68 Å². The zero-order valence-electron chi connectivity index (χ0n) is 12.6. The molecule has 0 aliphatic carbocycles. The molecule has 2 aromatic rings. The first-order chi connectivity index (χ1) is 10.0. The molecule has 0 fully saturated rings. The van der Waals surface area contributed by atoms with Crippen molar-refractivity contribution < 1.29 is 4.79 Å². The lowest BCUT2D eigenvalue weighted by atomic mass is 10.1. The average molecular weight is 350 g/mol. The molecule has 1 atom stereocenters. The van der Waals surface area contributed by atoms with E-state index in [2.05, 4.69) is 26.3 Å². The Hall–Kier alpha value is -1.62. The molecule has 0 aliphatic heterocycles. The molecule has 5 heteroatoms. The Morgan fingerprint density at radius 1 is 1.38 bits per heavy atom. The van der Waals surface area contributed by atoms with Gasteiger partial charge in [-0.05, 0) is 44.0 Å². The van der Waals surface area contributed by atoms with Gasteiger partial charge in [0.05, 0.1) is 11.7 Å². The molecule has 21 heavy (non-hydrogen) atoms. The van der Waals surface area contributed by atoms with Crippen LogP contribution in [0.1, 0.15) is 48.6 Å². The third kappa shape index (κ3) is 3.73. The van der Waals surface area contributed by atoms with Crippen molar-refractivity contribution in [1.29, 1.82) is 0 Å². The van der Waals surface area contributed by atoms with E-state index >= 15 is 0 Å². The molecule has 0 saturated carbocycles. The number of carbonyl (C=O) groups is 1. The molecule has 1 N–H and O–H groups in total. The van der Waals surface area contributed by atoms with Gasteiger partial charge in [-0.2, -0.15) is 5.10 Å². The second-order valence-corrected chi connectivity index (χ2v) is 5.86. The summed E-state index contributed by atoms with van der Waals surface area (Å²) in [5.74, 6) is -0.0866. The van der Waals surface area contributed by atoms with Crippen molar-refractivity contribution >= 4 is 21.8 Å². The summed E-state index contributed by atoms with van der Waals surface area (Å²) in [6, 6.07) is 9.77. The van der Waals surface area contributed by atoms with E-state index < -0.39 is 0 Å². The van der Waals surface area contributed by atoms with Crippen LogP contribution < -0.4 is 5.32 Å². The number of aryl methyl sites for hydroxylation is 2. The van der Waals surface area contributed by atoms with Crippen LogP contribution >= 0.6 is 15.9 Å². The van der Waals surface area contributed by atoms with Crippen LogP contribution in [0.3, 0.4) is 0 Å². The predicted molar refractivity (Wildman–Crippen MR) is 87.3 cm³/mol. The minimum atomic E-state index is -0.0866. The van der Waals surface area contributed by atoms with Gasteiger partial charge in [0.15, 0.2) is 0 Å². The van der Waals surface area contributed by atoms with E-state index in [1.807, 2.05) is 51.1 Å². The molecule has 1 amide bonds. The van der Waals surface area contributed by atoms with Crippen LogP contribution in [-0.2, 0) is 13.0 Å². The van der Waals surface area contributed by atoms with E-state index in [1.165, 1.54) is 0 Å². The van der Waals surface area contributed by atoms with Crippen molar-refractivity contribution in [2.45, 2.75) is 39.8 Å². The van der Waals surface area contributed by atoms with Crippen LogP contribution in [0.4, 0.5) is 0 Å². The Kier molecular flexibility index (Phi) is 5.17. The van der Waals surface area contributed by atoms with Crippen LogP contribution in [0.2, 0.25) is 0 Å². The third-order valence-corrected chi connectivity index (χ3v) is 3.91. The maximum atomic E-state index is 12.4. The van der Waals surface area contributed by atoms with Crippen molar-refractivity contribution in [3.8, 4) is 0 Å². The van der Waals surface area contributed by atoms with Crippen molar-refractivity contribution in [1.82, 2.24) is 15.1 Å². The largest absolute Gasteiger partial charge is 0.344 e. The number of hydrogen-bond acceptors (Lipinski definition) is 2. The van der Waals surface area contributed by atoms with Gasteiger partial charge in [0.1, 0.15) is 5.69 Å². The molecule has 0 aliphatic rings. The highest BCUT2D eigenvalue weighted by Crippen LogP contribution is 2.18. The fraction of sp³-hybridized carbons (Fsp3) is 0.375. The monoisotopic (exact) mass is 349 g/mol. The summed E-state index contributed by atoms with van der Waals surface area (Å²) in [6.45, 7) is 6.69. The van der Waals surface area contributed by atoms with E-state index in [0.717, 1.165) is 22.2 Å². The topological polar surface area (TPSA) is 46.9 Å². The van der Waals surface area contributed by atoms with Gasteiger partial charge >= 0.3 is 0 Å². The Balaban J connectivity index is 2.15. The molecule has 2 rings (SSSR count). The summed E-state index contributed by atoms with van der Waals surface area (Å²) in [5.41, 5.74) is 2.63. The number of aromatic nitrogens is 2. The third-order valence-electron chi connectivity index (χ3n) is 3.42. The Morgan fingerprint density at radius 3 is 2.76 bits per heavy atom. The summed E-state index contributed by atoms with van der Waals surface area (Å²) < 4.78 is 2.76. The van der Waals surface area contributed by atoms with Gasteiger partial charge in [0, 0.05) is 11.0 Å². The molecular weight excluding hydrogens is 330 g/mol. The van der Waals surface area contributed by atoms with Gasteiger partial charge in [-0.3, -0.25) is 9.48 Å². The van der Waals surface area contributed by atoms with Gasteiger partial charge in [-0.15, -0.1) is 0 Å². The number of halogens is 1. The van der Waals surface area contributed by atoms with Crippen LogP contribution in [0.15, 0.2) is 34.8 Å². The zero-order valence-corrected chi connectivity index (χ0v) is 14.1. The number of nitrogens with one attached hydrogen (secondary N) is 1. The standard InChI is InChI=1S/C16H20BrN3O/c1-4-14-10-15(20(5-2)19-14)16(21)18-11(3)12-7-6-8-13(17)9-12/h6-11H,4-5H2,1-3H3,(H,18,21). The zero-order chi connectivity index (χ0) is 15.4. The van der Waals surface area contributed by atoms with E-state index in [0.29, 0.717) is 12.2 Å². The fourth-order valence-corrected chi connectivity index (χ4v) is 2.61. The van der Waals surface area contributed by atoms with Crippen LogP contribution in [0.25, 0.3) is 0 Å². The van der Waals surface area contributed by atoms with Gasteiger partial charge in [-0.25, -0.2) is 0 Å². The fourth-order valence-electron chi connectivity index (χ4n) is 2.20. The van der Waals surface area contributed by atoms with E-state index in [9.17, 15) is 4.79 Å². The van der Waals surface area contributed by atoms with E-state index in [4.69, 9.17) is 0 Å². The lowest BCUT2D eigenvalue weighted by molar-refractivity contribution is 0.0929. The van der Waals surface area contributed by atoms with Crippen molar-refractivity contribution in [2.24, 2.45) is 0 Å². The average Bonchev–Trinajstić information content (AvgIpc) is 2.90. The number of rotatable bonds is 5. The summed E-state index contributed by atoms with van der Waals surface area (Å²) >= 11 is 3.45. The van der Waals surface area contributed by atoms with Gasteiger partial charge in [0.25, 0.3) is 5.91 Å². The molecule has 0 saturated heterocycles. The van der Waals surface area contributed by atoms with Gasteiger partial charge in [0.2, 0.25) is 0 Å². The summed E-state index contributed by atoms with van der Waals surface area (Å²) in [6.07, 6.45) is 0.828. The Bertz CT molecular complexity index is 636. The highest BCUT2D eigenvalue weighted by atomic mass is 79.9. The molecular formula is C16H20BrN3O. The van der Waals surface area contributed by atoms with Crippen molar-refractivity contribution in [2.75, 3.05) is 0 Å². The van der Waals surface area contributed by atoms with Crippen molar-refractivity contribution in [3.05, 3.63) is 51.8 Å². The molecule has 4 nitrogen and oxygen atoms in total. The highest BCUT2D eigenvalue weighted by molar-refractivity contribution is 9.10. The van der Waals surface area contributed by atoms with Crippen molar-refractivity contribution in [3.63, 3.8) is 0 Å². The quantitative estimate of drug-likeness (QED) is 0.893. The molecule has 0 bridgehead atoms. The number of nitrogens with zero attached hydrogens (tertiary/aromatic N) is 2. The first-order valence-corrected chi connectivity index (χ1v) is 7.97. The maximum absolute atomic E-state index is 12.4. The molecule has 0 radical (unpaired) electrons. The first kappa shape index (κ1) is 15.8. The lowest BCUT2D eigenvalue weighted by Crippen LogP contribution is -2.28. The Morgan fingerprint density at radius 2 is 2.14 bits per heavy atom. The second-order valence-electron chi connectivity index (χ2n) is 4.94. The summed E-state index contributed by atoms with van der Waals surface area (Å²) in [5, 5.41) is 7.44. The molecule has 1 heterocycles. The van der Waals surface area contributed by atoms with E-state index in [-0.39, 0.29) is 11.9 Å². The highest BCUT2D eigenvalue weighted by Gasteiger charge is 2.16. The SMILES string of the molecule is CCc1cc(C(=O)NC(C)c2cccc(Br)c2)n(CC)n1. The van der Waals surface area contributed by atoms with Gasteiger partial charge in [-0.1, -0.05) is 35.0 Å². The molecule has 1 aromatic carbocycles. The molecule has 112 valence electrons. The smallest absolute Gasteiger partial charge is 0.270 e. The van der Waals surface area contributed by atoms with Crippen LogP contribution in [0.5, 0.6) is 0 Å². The first-order valence-electron chi connectivity index (χ1n) is 7.18. The van der Waals surface area contributed by atoms with Crippen LogP contribution in [-0.4, -0.2) is 15.7 Å². The van der Waals surface area contributed by atoms with Crippen LogP contribution in [0, 0.1) is 0 Å². The maximum Gasteiger partial charge on any atom is 0.270 e. The predicted octanol–water partition coefficient (Wildman–Crippen LogP) is 3.72. The summed E-state index contributed by atoms with van der Waals surface area (Å²) in [4.78, 5) is 12.4. The number of carbonyl (C=O) groups excluding carboxylic acids is 1. The van der Waals surface area contributed by atoms with Gasteiger partial charge < -0.3 is 5.32 Å². The minimum absolute atomic E-state index is 0.0553. The molecule has 1 aromatic heterocycles. The minimum Gasteiger partial charge on any atom is -0.344 e. The number of benzene rings is 1. The second kappa shape index (κ2) is 6.89. The summed E-state index contributed by atoms with van der Waals surface area (Å²) in [7, 11) is 0. The molecule has 0 spiro atoms. The molecule has 1 unspecified atom stereocenters. The number of hydrogen-bond donors (Lipinski definition) is 1.